The van der Waals surface area contributed by atoms with Crippen molar-refractivity contribution in [2.75, 3.05) is 4.90 Å². The van der Waals surface area contributed by atoms with Crippen molar-refractivity contribution in [3.63, 3.8) is 0 Å². The first-order chi connectivity index (χ1) is 33.1. The molecular formula is C65H67N3. The van der Waals surface area contributed by atoms with Crippen LogP contribution < -0.4 is 4.90 Å². The molecule has 0 amide bonds. The van der Waals surface area contributed by atoms with Gasteiger partial charge in [-0.2, -0.15) is 0 Å². The second-order valence-electron chi connectivity index (χ2n) is 17.5. The smallest absolute Gasteiger partial charge is 0.138 e. The summed E-state index contributed by atoms with van der Waals surface area (Å²) < 4.78 is 2.36. The van der Waals surface area contributed by atoms with E-state index >= 15 is 0 Å². The molecule has 2 aliphatic rings. The van der Waals surface area contributed by atoms with Crippen molar-refractivity contribution in [2.24, 2.45) is 4.99 Å². The highest BCUT2D eigenvalue weighted by Gasteiger charge is 2.38. The summed E-state index contributed by atoms with van der Waals surface area (Å²) in [5.41, 5.74) is 17.8. The third-order valence-electron chi connectivity index (χ3n) is 13.1. The molecule has 0 saturated carbocycles. The molecule has 1 aliphatic heterocycles. The summed E-state index contributed by atoms with van der Waals surface area (Å²) in [4.78, 5) is 7.95. The minimum absolute atomic E-state index is 0.182. The highest BCUT2D eigenvalue weighted by molar-refractivity contribution is 6.05. The number of hydrogen-bond donors (Lipinski definition) is 0. The highest BCUT2D eigenvalue weighted by atomic mass is 15.2. The van der Waals surface area contributed by atoms with Gasteiger partial charge in [-0.3, -0.25) is 4.57 Å². The standard InChI is InChI=1S/C63H61N3.C2H6/c1-10-25-53-47(11-2)39-41-59-62(53)54(33-24-26-46-34-40-56-60(43-46)65(52-31-22-17-23-32-52)58(14-5)55(12-3)63(56,8)9)57(13-4)66(59)61(64-45(7)49-27-18-15-19-28-49)42-44(6)48-35-37-51(38-36-48)50-29-20-16-21-30-50;1-2/h10-12,14-25,27-31,33-43,52H,2-3,5-6,13,26,32H2,1,4,7-9H3;1-2H3/b25-10-,33-24-,61-42+,64-45+;. The van der Waals surface area contributed by atoms with Gasteiger partial charge in [-0.15, -0.1) is 0 Å². The van der Waals surface area contributed by atoms with Crippen LogP contribution in [-0.2, 0) is 18.3 Å². The van der Waals surface area contributed by atoms with Crippen LogP contribution in [0.5, 0.6) is 0 Å². The summed E-state index contributed by atoms with van der Waals surface area (Å²) in [7, 11) is 0. The Labute approximate surface area is 407 Å². The molecule has 1 atom stereocenters. The summed E-state index contributed by atoms with van der Waals surface area (Å²) in [6.45, 7) is 32.5. The molecule has 8 rings (SSSR count). The molecule has 5 aromatic carbocycles. The number of benzene rings is 5. The first-order valence-electron chi connectivity index (χ1n) is 24.2. The van der Waals surface area contributed by atoms with Gasteiger partial charge in [-0.25, -0.2) is 4.99 Å². The second kappa shape index (κ2) is 21.9. The minimum Gasteiger partial charge on any atom is -0.334 e. The number of allylic oxidation sites excluding steroid dienone is 9. The lowest BCUT2D eigenvalue weighted by molar-refractivity contribution is 0.599. The van der Waals surface area contributed by atoms with Gasteiger partial charge in [0.25, 0.3) is 0 Å². The zero-order valence-corrected chi connectivity index (χ0v) is 41.3. The van der Waals surface area contributed by atoms with Gasteiger partial charge in [0.2, 0.25) is 0 Å². The quantitative estimate of drug-likeness (QED) is 0.0743. The van der Waals surface area contributed by atoms with Crippen LogP contribution in [0.3, 0.4) is 0 Å². The molecule has 0 bridgehead atoms. The van der Waals surface area contributed by atoms with E-state index in [1.54, 1.807) is 0 Å². The summed E-state index contributed by atoms with van der Waals surface area (Å²) in [5, 5.41) is 1.17. The Morgan fingerprint density at radius 3 is 2.12 bits per heavy atom. The van der Waals surface area contributed by atoms with Crippen LogP contribution in [-0.4, -0.2) is 16.3 Å². The molecule has 0 saturated heterocycles. The number of rotatable bonds is 15. The van der Waals surface area contributed by atoms with E-state index in [1.807, 2.05) is 44.2 Å². The van der Waals surface area contributed by atoms with E-state index in [2.05, 4.69) is 228 Å². The van der Waals surface area contributed by atoms with Gasteiger partial charge in [0.1, 0.15) is 5.82 Å². The van der Waals surface area contributed by atoms with Crippen LogP contribution in [0.2, 0.25) is 0 Å². The lowest BCUT2D eigenvalue weighted by atomic mass is 9.72. The molecule has 1 unspecified atom stereocenters. The number of fused-ring (bicyclic) bond motifs is 2. The zero-order chi connectivity index (χ0) is 48.4. The molecule has 3 nitrogen and oxygen atoms in total. The van der Waals surface area contributed by atoms with E-state index in [9.17, 15) is 0 Å². The van der Waals surface area contributed by atoms with Crippen LogP contribution in [0.1, 0.15) is 99.5 Å². The van der Waals surface area contributed by atoms with Gasteiger partial charge in [0, 0.05) is 39.2 Å². The molecule has 6 aromatic rings. The Bertz CT molecular complexity index is 3040. The van der Waals surface area contributed by atoms with Gasteiger partial charge < -0.3 is 4.90 Å². The van der Waals surface area contributed by atoms with Crippen molar-refractivity contribution in [3.05, 3.63) is 252 Å². The molecule has 1 aromatic heterocycles. The molecule has 0 N–H and O–H groups in total. The third-order valence-corrected chi connectivity index (χ3v) is 13.1. The average Bonchev–Trinajstić information content (AvgIpc) is 3.70. The Morgan fingerprint density at radius 1 is 0.779 bits per heavy atom. The van der Waals surface area contributed by atoms with Crippen molar-refractivity contribution in [1.29, 1.82) is 0 Å². The van der Waals surface area contributed by atoms with Crippen LogP contribution in [0.4, 0.5) is 5.69 Å². The maximum Gasteiger partial charge on any atom is 0.138 e. The first-order valence-corrected chi connectivity index (χ1v) is 24.2. The van der Waals surface area contributed by atoms with Crippen molar-refractivity contribution in [3.8, 4) is 11.1 Å². The maximum absolute atomic E-state index is 5.48. The molecular weight excluding hydrogens is 823 g/mol. The normalized spacial score (nSPS) is 15.7. The maximum atomic E-state index is 5.48. The van der Waals surface area contributed by atoms with Crippen molar-refractivity contribution in [1.82, 2.24) is 4.57 Å². The zero-order valence-electron chi connectivity index (χ0n) is 41.3. The van der Waals surface area contributed by atoms with E-state index in [4.69, 9.17) is 4.99 Å². The number of anilines is 1. The fraction of sp³-hybridized carbons (Fsp3) is 0.185. The van der Waals surface area contributed by atoms with Crippen LogP contribution >= 0.6 is 0 Å². The molecule has 0 spiro atoms. The predicted octanol–water partition coefficient (Wildman–Crippen LogP) is 17.5. The van der Waals surface area contributed by atoms with Gasteiger partial charge in [0.15, 0.2) is 0 Å². The lowest BCUT2D eigenvalue weighted by Gasteiger charge is -2.45. The van der Waals surface area contributed by atoms with E-state index in [0.717, 1.165) is 69.8 Å². The lowest BCUT2D eigenvalue weighted by Crippen LogP contribution is -2.41. The SMILES string of the molecule is C=CC1=C(C=C)C(C)(C)c2ccc(C/C=C\c3c(CC)n(C(=C/C(=C)c4ccc(-c5ccccc5)cc4)/N=C(\C)c4ccccc4)c4ccc(C=C)c(/C=C\C)c34)cc2N1C1C=CC=CC1.CC. The summed E-state index contributed by atoms with van der Waals surface area (Å²) in [6.07, 6.45) is 28.4. The average molecular weight is 890 g/mol. The van der Waals surface area contributed by atoms with Gasteiger partial charge in [-0.1, -0.05) is 225 Å². The summed E-state index contributed by atoms with van der Waals surface area (Å²) >= 11 is 0. The van der Waals surface area contributed by atoms with Crippen LogP contribution in [0, 0.1) is 0 Å². The highest BCUT2D eigenvalue weighted by Crippen LogP contribution is 2.48. The monoisotopic (exact) mass is 890 g/mol. The molecule has 68 heavy (non-hydrogen) atoms. The van der Waals surface area contributed by atoms with Crippen molar-refractivity contribution >= 4 is 51.9 Å². The molecule has 1 aliphatic carbocycles. The fourth-order valence-corrected chi connectivity index (χ4v) is 9.78. The third kappa shape index (κ3) is 9.66. The van der Waals surface area contributed by atoms with E-state index < -0.39 is 0 Å². The Kier molecular flexibility index (Phi) is 15.6. The fourth-order valence-electron chi connectivity index (χ4n) is 9.78. The Balaban J connectivity index is 0.00000338. The molecule has 2 heterocycles. The largest absolute Gasteiger partial charge is 0.334 e. The second-order valence-corrected chi connectivity index (χ2v) is 17.5. The Morgan fingerprint density at radius 2 is 1.49 bits per heavy atom. The van der Waals surface area contributed by atoms with Gasteiger partial charge >= 0.3 is 0 Å². The van der Waals surface area contributed by atoms with E-state index in [1.165, 1.54) is 50.2 Å². The first kappa shape index (κ1) is 48.4. The molecule has 0 fully saturated rings. The predicted molar refractivity (Wildman–Crippen MR) is 300 cm³/mol. The van der Waals surface area contributed by atoms with Gasteiger partial charge in [-0.05, 0) is 113 Å². The summed E-state index contributed by atoms with van der Waals surface area (Å²) in [5.74, 6) is 0.807. The van der Waals surface area contributed by atoms with Crippen molar-refractivity contribution < 1.29 is 0 Å². The number of aromatic nitrogens is 1. The van der Waals surface area contributed by atoms with Gasteiger partial charge in [0.05, 0.1) is 11.6 Å². The van der Waals surface area contributed by atoms with E-state index in [0.29, 0.717) is 0 Å². The van der Waals surface area contributed by atoms with Crippen molar-refractivity contribution in [2.45, 2.75) is 79.2 Å². The van der Waals surface area contributed by atoms with E-state index in [-0.39, 0.29) is 11.5 Å². The Hall–Kier alpha value is -7.49. The number of aliphatic imine (C=N–C) groups is 1. The molecule has 342 valence electrons. The topological polar surface area (TPSA) is 20.5 Å². The minimum atomic E-state index is -0.229. The van der Waals surface area contributed by atoms with Crippen LogP contribution in [0.15, 0.2) is 213 Å². The number of hydrogen-bond acceptors (Lipinski definition) is 2. The number of nitrogens with zero attached hydrogens (tertiary/aromatic N) is 3. The molecule has 0 radical (unpaired) electrons. The summed E-state index contributed by atoms with van der Waals surface area (Å²) in [6, 6.07) is 41.2. The molecule has 3 heteroatoms. The van der Waals surface area contributed by atoms with Crippen LogP contribution in [0.25, 0.3) is 51.7 Å².